The molecule has 2 aliphatic carbocycles. The molecule has 1 aromatic rings. The highest BCUT2D eigenvalue weighted by Gasteiger charge is 2.60. The SMILES string of the molecule is CSCC(C)(O)CNC(=O)C1CC12CCCc1ccccc12. The quantitative estimate of drug-likeness (QED) is 0.877. The molecule has 1 amide bonds. The van der Waals surface area contributed by atoms with E-state index in [-0.39, 0.29) is 17.2 Å². The Hall–Kier alpha value is -1.00. The fourth-order valence-electron chi connectivity index (χ4n) is 3.94. The molecular formula is C18H25NO2S. The maximum Gasteiger partial charge on any atom is 0.224 e. The zero-order chi connectivity index (χ0) is 15.8. The number of aryl methyl sites for hydroxylation is 1. The summed E-state index contributed by atoms with van der Waals surface area (Å²) in [7, 11) is 0. The van der Waals surface area contributed by atoms with Crippen LogP contribution in [0.4, 0.5) is 0 Å². The van der Waals surface area contributed by atoms with E-state index in [1.165, 1.54) is 17.5 Å². The van der Waals surface area contributed by atoms with E-state index in [4.69, 9.17) is 0 Å². The number of hydrogen-bond acceptors (Lipinski definition) is 3. The molecule has 22 heavy (non-hydrogen) atoms. The van der Waals surface area contributed by atoms with Crippen molar-refractivity contribution in [3.8, 4) is 0 Å². The van der Waals surface area contributed by atoms with Crippen LogP contribution in [0.2, 0.25) is 0 Å². The molecule has 3 unspecified atom stereocenters. The van der Waals surface area contributed by atoms with E-state index in [9.17, 15) is 9.90 Å². The summed E-state index contributed by atoms with van der Waals surface area (Å²) in [5, 5.41) is 13.2. The Morgan fingerprint density at radius 3 is 3.05 bits per heavy atom. The number of nitrogens with one attached hydrogen (secondary N) is 1. The number of hydrogen-bond donors (Lipinski definition) is 2. The molecule has 120 valence electrons. The molecule has 4 heteroatoms. The molecule has 1 fully saturated rings. The van der Waals surface area contributed by atoms with Crippen molar-refractivity contribution in [2.45, 2.75) is 43.6 Å². The van der Waals surface area contributed by atoms with Crippen LogP contribution in [-0.4, -0.2) is 35.2 Å². The van der Waals surface area contributed by atoms with Gasteiger partial charge in [-0.3, -0.25) is 4.79 Å². The topological polar surface area (TPSA) is 49.3 Å². The lowest BCUT2D eigenvalue weighted by Crippen LogP contribution is -2.43. The van der Waals surface area contributed by atoms with Gasteiger partial charge >= 0.3 is 0 Å². The Morgan fingerprint density at radius 1 is 1.50 bits per heavy atom. The van der Waals surface area contributed by atoms with Crippen molar-refractivity contribution in [3.05, 3.63) is 35.4 Å². The van der Waals surface area contributed by atoms with Gasteiger partial charge < -0.3 is 10.4 Å². The van der Waals surface area contributed by atoms with Gasteiger partial charge in [-0.2, -0.15) is 11.8 Å². The van der Waals surface area contributed by atoms with E-state index in [1.54, 1.807) is 18.7 Å². The first-order valence-corrected chi connectivity index (χ1v) is 9.45. The van der Waals surface area contributed by atoms with Crippen LogP contribution in [0.3, 0.4) is 0 Å². The van der Waals surface area contributed by atoms with Crippen LogP contribution < -0.4 is 5.32 Å². The summed E-state index contributed by atoms with van der Waals surface area (Å²) in [5.41, 5.74) is 2.04. The number of fused-ring (bicyclic) bond motifs is 2. The molecule has 0 radical (unpaired) electrons. The predicted octanol–water partition coefficient (Wildman–Crippen LogP) is 2.51. The van der Waals surface area contributed by atoms with Gasteiger partial charge in [-0.25, -0.2) is 0 Å². The molecule has 3 nitrogen and oxygen atoms in total. The first-order chi connectivity index (χ1) is 10.5. The monoisotopic (exact) mass is 319 g/mol. The van der Waals surface area contributed by atoms with Crippen molar-refractivity contribution >= 4 is 17.7 Å². The molecular weight excluding hydrogens is 294 g/mol. The van der Waals surface area contributed by atoms with Crippen molar-refractivity contribution < 1.29 is 9.90 Å². The number of carbonyl (C=O) groups is 1. The minimum absolute atomic E-state index is 0.0737. The highest BCUT2D eigenvalue weighted by atomic mass is 32.2. The maximum atomic E-state index is 12.5. The van der Waals surface area contributed by atoms with E-state index in [2.05, 4.69) is 29.6 Å². The van der Waals surface area contributed by atoms with Gasteiger partial charge in [-0.15, -0.1) is 0 Å². The van der Waals surface area contributed by atoms with E-state index >= 15 is 0 Å². The third kappa shape index (κ3) is 2.91. The summed E-state index contributed by atoms with van der Waals surface area (Å²) < 4.78 is 0. The number of aliphatic hydroxyl groups is 1. The fraction of sp³-hybridized carbons (Fsp3) is 0.611. The lowest BCUT2D eigenvalue weighted by atomic mass is 9.78. The Morgan fingerprint density at radius 2 is 2.27 bits per heavy atom. The van der Waals surface area contributed by atoms with Crippen LogP contribution in [0, 0.1) is 5.92 Å². The molecule has 2 N–H and O–H groups in total. The second-order valence-electron chi connectivity index (χ2n) is 7.07. The highest BCUT2D eigenvalue weighted by molar-refractivity contribution is 7.98. The minimum atomic E-state index is -0.832. The van der Waals surface area contributed by atoms with Crippen molar-refractivity contribution in [1.82, 2.24) is 5.32 Å². The molecule has 3 rings (SSSR count). The van der Waals surface area contributed by atoms with E-state index in [0.717, 1.165) is 19.3 Å². The summed E-state index contributed by atoms with van der Waals surface area (Å²) >= 11 is 1.60. The second kappa shape index (κ2) is 5.89. The zero-order valence-electron chi connectivity index (χ0n) is 13.4. The Labute approximate surface area is 136 Å². The minimum Gasteiger partial charge on any atom is -0.387 e. The molecule has 0 aliphatic heterocycles. The van der Waals surface area contributed by atoms with Gasteiger partial charge in [0.25, 0.3) is 0 Å². The van der Waals surface area contributed by atoms with Gasteiger partial charge in [0, 0.05) is 23.6 Å². The lowest BCUT2D eigenvalue weighted by Gasteiger charge is -2.27. The van der Waals surface area contributed by atoms with Crippen molar-refractivity contribution in [2.24, 2.45) is 5.92 Å². The van der Waals surface area contributed by atoms with Gasteiger partial charge in [0.05, 0.1) is 5.60 Å². The number of benzene rings is 1. The van der Waals surface area contributed by atoms with Crippen molar-refractivity contribution in [2.75, 3.05) is 18.6 Å². The first-order valence-electron chi connectivity index (χ1n) is 8.06. The standard InChI is InChI=1S/C18H25NO2S/c1-17(21,12-22-2)11-19-16(20)15-10-18(15)9-5-7-13-6-3-4-8-14(13)18/h3-4,6,8,15,21H,5,7,9-12H2,1-2H3,(H,19,20). The average Bonchev–Trinajstić information content (AvgIpc) is 3.20. The van der Waals surface area contributed by atoms with Gasteiger partial charge in [-0.05, 0) is 50.0 Å². The second-order valence-corrected chi connectivity index (χ2v) is 7.94. The molecule has 0 aromatic heterocycles. The molecule has 3 atom stereocenters. The normalized spacial score (nSPS) is 28.8. The van der Waals surface area contributed by atoms with Crippen molar-refractivity contribution in [3.63, 3.8) is 0 Å². The highest BCUT2D eigenvalue weighted by Crippen LogP contribution is 2.60. The number of carbonyl (C=O) groups excluding carboxylic acids is 1. The summed E-state index contributed by atoms with van der Waals surface area (Å²) in [5.74, 6) is 0.823. The van der Waals surface area contributed by atoms with Gasteiger partial charge in [0.15, 0.2) is 0 Å². The zero-order valence-corrected chi connectivity index (χ0v) is 14.2. The van der Waals surface area contributed by atoms with Gasteiger partial charge in [0.2, 0.25) is 5.91 Å². The largest absolute Gasteiger partial charge is 0.387 e. The third-order valence-electron chi connectivity index (χ3n) is 5.11. The fourth-order valence-corrected chi connectivity index (χ4v) is 4.66. The third-order valence-corrected chi connectivity index (χ3v) is 6.02. The van der Waals surface area contributed by atoms with Gasteiger partial charge in [0.1, 0.15) is 0 Å². The number of amides is 1. The predicted molar refractivity (Wildman–Crippen MR) is 91.2 cm³/mol. The Kier molecular flexibility index (Phi) is 4.25. The molecule has 1 aromatic carbocycles. The van der Waals surface area contributed by atoms with Crippen LogP contribution >= 0.6 is 11.8 Å². The molecule has 0 bridgehead atoms. The summed E-state index contributed by atoms with van der Waals surface area (Å²) in [4.78, 5) is 12.5. The molecule has 1 spiro atoms. The van der Waals surface area contributed by atoms with Crippen LogP contribution in [0.5, 0.6) is 0 Å². The summed E-state index contributed by atoms with van der Waals surface area (Å²) in [6.45, 7) is 2.11. The van der Waals surface area contributed by atoms with Gasteiger partial charge in [-0.1, -0.05) is 24.3 Å². The Bertz CT molecular complexity index is 572. The van der Waals surface area contributed by atoms with Crippen LogP contribution in [-0.2, 0) is 16.6 Å². The number of thioether (sulfide) groups is 1. The number of rotatable bonds is 5. The maximum absolute atomic E-state index is 12.5. The van der Waals surface area contributed by atoms with Crippen LogP contribution in [0.25, 0.3) is 0 Å². The van der Waals surface area contributed by atoms with Crippen LogP contribution in [0.1, 0.15) is 37.3 Å². The lowest BCUT2D eigenvalue weighted by molar-refractivity contribution is -0.123. The van der Waals surface area contributed by atoms with E-state index in [0.29, 0.717) is 12.3 Å². The average molecular weight is 319 g/mol. The molecule has 2 aliphatic rings. The van der Waals surface area contributed by atoms with Crippen LogP contribution in [0.15, 0.2) is 24.3 Å². The van der Waals surface area contributed by atoms with E-state index in [1.807, 2.05) is 6.26 Å². The molecule has 0 heterocycles. The smallest absolute Gasteiger partial charge is 0.224 e. The van der Waals surface area contributed by atoms with E-state index < -0.39 is 5.60 Å². The van der Waals surface area contributed by atoms with Crippen molar-refractivity contribution in [1.29, 1.82) is 0 Å². The summed E-state index contributed by atoms with van der Waals surface area (Å²) in [6, 6.07) is 8.58. The summed E-state index contributed by atoms with van der Waals surface area (Å²) in [6.07, 6.45) is 6.34. The Balaban J connectivity index is 1.66. The molecule has 1 saturated carbocycles. The first kappa shape index (κ1) is 15.9. The molecule has 0 saturated heterocycles.